The smallest absolute Gasteiger partial charge is 0.206 e. The molecule has 0 aliphatic carbocycles. The Hall–Kier alpha value is -1.77. The second-order valence-electron chi connectivity index (χ2n) is 3.41. The summed E-state index contributed by atoms with van der Waals surface area (Å²) >= 11 is 0. The second-order valence-corrected chi connectivity index (χ2v) is 3.41. The molecule has 0 heterocycles. The second kappa shape index (κ2) is 4.39. The first-order chi connectivity index (χ1) is 7.68. The lowest BCUT2D eigenvalue weighted by molar-refractivity contribution is 0.151. The van der Waals surface area contributed by atoms with Gasteiger partial charge in [0.25, 0.3) is 6.43 Å². The third-order valence-electron chi connectivity index (χ3n) is 2.33. The molecule has 0 aromatic heterocycles. The van der Waals surface area contributed by atoms with Gasteiger partial charge in [0.15, 0.2) is 0 Å². The lowest BCUT2D eigenvalue weighted by Crippen LogP contribution is -1.89. The molecule has 82 valence electrons. The Morgan fingerprint density at radius 1 is 0.875 bits per heavy atom. The lowest BCUT2D eigenvalue weighted by Gasteiger charge is -2.05. The number of alkyl halides is 2. The van der Waals surface area contributed by atoms with E-state index in [2.05, 4.69) is 0 Å². The van der Waals surface area contributed by atoms with Gasteiger partial charge in [0.2, 0.25) is 0 Å². The molecule has 0 saturated heterocycles. The van der Waals surface area contributed by atoms with E-state index in [-0.39, 0.29) is 5.56 Å². The summed E-state index contributed by atoms with van der Waals surface area (Å²) in [5, 5.41) is 0. The molecule has 2 aromatic carbocycles. The molecule has 2 aromatic rings. The Bertz CT molecular complexity index is 478. The highest BCUT2D eigenvalue weighted by Gasteiger charge is 2.11. The van der Waals surface area contributed by atoms with Crippen molar-refractivity contribution in [3.8, 4) is 11.1 Å². The maximum atomic E-state index is 13.6. The quantitative estimate of drug-likeness (QED) is 0.705. The highest BCUT2D eigenvalue weighted by molar-refractivity contribution is 5.64. The molecule has 0 bridgehead atoms. The van der Waals surface area contributed by atoms with Crippen molar-refractivity contribution < 1.29 is 13.2 Å². The normalized spacial score (nSPS) is 10.8. The maximum Gasteiger partial charge on any atom is 0.263 e. The van der Waals surface area contributed by atoms with E-state index in [0.29, 0.717) is 11.1 Å². The Balaban J connectivity index is 2.45. The summed E-state index contributed by atoms with van der Waals surface area (Å²) in [6.07, 6.45) is -2.64. The molecule has 0 unspecified atom stereocenters. The SMILES string of the molecule is Fc1cc(C(F)F)ccc1-c1ccccc1. The van der Waals surface area contributed by atoms with E-state index >= 15 is 0 Å². The molecule has 0 fully saturated rings. The lowest BCUT2D eigenvalue weighted by atomic mass is 10.0. The van der Waals surface area contributed by atoms with Crippen LogP contribution in [0, 0.1) is 5.82 Å². The number of hydrogen-bond acceptors (Lipinski definition) is 0. The van der Waals surface area contributed by atoms with Crippen molar-refractivity contribution in [3.05, 3.63) is 59.9 Å². The average molecular weight is 222 g/mol. The summed E-state index contributed by atoms with van der Waals surface area (Å²) < 4.78 is 38.2. The summed E-state index contributed by atoms with van der Waals surface area (Å²) in [4.78, 5) is 0. The Kier molecular flexibility index (Phi) is 2.95. The van der Waals surface area contributed by atoms with Crippen LogP contribution >= 0.6 is 0 Å². The molecular formula is C13H9F3. The average Bonchev–Trinajstić information content (AvgIpc) is 2.30. The number of rotatable bonds is 2. The summed E-state index contributed by atoms with van der Waals surface area (Å²) in [6.45, 7) is 0. The molecule has 0 aliphatic heterocycles. The van der Waals surface area contributed by atoms with E-state index < -0.39 is 12.2 Å². The minimum Gasteiger partial charge on any atom is -0.206 e. The fraction of sp³-hybridized carbons (Fsp3) is 0.0769. The van der Waals surface area contributed by atoms with Gasteiger partial charge in [0.05, 0.1) is 0 Å². The van der Waals surface area contributed by atoms with Crippen molar-refractivity contribution in [1.29, 1.82) is 0 Å². The van der Waals surface area contributed by atoms with Crippen LogP contribution < -0.4 is 0 Å². The van der Waals surface area contributed by atoms with Crippen LogP contribution in [0.15, 0.2) is 48.5 Å². The van der Waals surface area contributed by atoms with Crippen LogP contribution in [0.5, 0.6) is 0 Å². The fourth-order valence-corrected chi connectivity index (χ4v) is 1.52. The molecule has 0 radical (unpaired) electrons. The monoisotopic (exact) mass is 222 g/mol. The van der Waals surface area contributed by atoms with Crippen molar-refractivity contribution in [2.75, 3.05) is 0 Å². The van der Waals surface area contributed by atoms with Gasteiger partial charge in [0.1, 0.15) is 5.82 Å². The third-order valence-corrected chi connectivity index (χ3v) is 2.33. The molecule has 16 heavy (non-hydrogen) atoms. The molecular weight excluding hydrogens is 213 g/mol. The molecule has 0 nitrogen and oxygen atoms in total. The Labute approximate surface area is 91.4 Å². The third kappa shape index (κ3) is 2.08. The van der Waals surface area contributed by atoms with Gasteiger partial charge in [-0.3, -0.25) is 0 Å². The topological polar surface area (TPSA) is 0 Å². The first-order valence-electron chi connectivity index (χ1n) is 4.81. The largest absolute Gasteiger partial charge is 0.263 e. The van der Waals surface area contributed by atoms with Crippen molar-refractivity contribution in [2.24, 2.45) is 0 Å². The Morgan fingerprint density at radius 3 is 2.12 bits per heavy atom. The fourth-order valence-electron chi connectivity index (χ4n) is 1.52. The van der Waals surface area contributed by atoms with Crippen LogP contribution in [-0.4, -0.2) is 0 Å². The minimum absolute atomic E-state index is 0.294. The molecule has 0 N–H and O–H groups in total. The van der Waals surface area contributed by atoms with Gasteiger partial charge in [-0.2, -0.15) is 0 Å². The molecule has 0 spiro atoms. The van der Waals surface area contributed by atoms with Crippen molar-refractivity contribution in [2.45, 2.75) is 6.43 Å². The minimum atomic E-state index is -2.64. The zero-order valence-corrected chi connectivity index (χ0v) is 8.33. The highest BCUT2D eigenvalue weighted by Crippen LogP contribution is 2.27. The summed E-state index contributed by atoms with van der Waals surface area (Å²) in [5.74, 6) is -0.621. The first kappa shape index (κ1) is 10.7. The van der Waals surface area contributed by atoms with E-state index in [4.69, 9.17) is 0 Å². The van der Waals surface area contributed by atoms with Gasteiger partial charge in [-0.25, -0.2) is 13.2 Å². The van der Waals surface area contributed by atoms with Gasteiger partial charge in [-0.15, -0.1) is 0 Å². The highest BCUT2D eigenvalue weighted by atomic mass is 19.3. The standard InChI is InChI=1S/C13H9F3/c14-12-8-10(13(15)16)6-7-11(12)9-4-2-1-3-5-9/h1-8,13H. The summed E-state index contributed by atoms with van der Waals surface area (Å²) in [5.41, 5.74) is 0.725. The van der Waals surface area contributed by atoms with E-state index in [1.165, 1.54) is 12.1 Å². The van der Waals surface area contributed by atoms with E-state index in [1.54, 1.807) is 24.3 Å². The summed E-state index contributed by atoms with van der Waals surface area (Å²) in [6, 6.07) is 12.3. The van der Waals surface area contributed by atoms with Gasteiger partial charge >= 0.3 is 0 Å². The first-order valence-corrected chi connectivity index (χ1v) is 4.81. The van der Waals surface area contributed by atoms with Crippen LogP contribution in [0.3, 0.4) is 0 Å². The predicted octanol–water partition coefficient (Wildman–Crippen LogP) is 4.43. The number of benzene rings is 2. The maximum absolute atomic E-state index is 13.6. The molecule has 0 amide bonds. The molecule has 2 rings (SSSR count). The van der Waals surface area contributed by atoms with Crippen molar-refractivity contribution in [1.82, 2.24) is 0 Å². The van der Waals surface area contributed by atoms with Gasteiger partial charge in [-0.05, 0) is 11.6 Å². The Morgan fingerprint density at radius 2 is 1.56 bits per heavy atom. The van der Waals surface area contributed by atoms with Crippen LogP contribution in [0.25, 0.3) is 11.1 Å². The zero-order valence-electron chi connectivity index (χ0n) is 8.33. The number of halogens is 3. The van der Waals surface area contributed by atoms with Crippen molar-refractivity contribution in [3.63, 3.8) is 0 Å². The molecule has 0 saturated carbocycles. The van der Waals surface area contributed by atoms with Crippen LogP contribution in [0.2, 0.25) is 0 Å². The molecule has 0 aliphatic rings. The van der Waals surface area contributed by atoms with Crippen LogP contribution in [0.4, 0.5) is 13.2 Å². The van der Waals surface area contributed by atoms with Gasteiger partial charge in [-0.1, -0.05) is 42.5 Å². The van der Waals surface area contributed by atoms with Crippen molar-refractivity contribution >= 4 is 0 Å². The number of hydrogen-bond donors (Lipinski definition) is 0. The van der Waals surface area contributed by atoms with Gasteiger partial charge in [0, 0.05) is 11.1 Å². The molecule has 0 atom stereocenters. The summed E-state index contributed by atoms with van der Waals surface area (Å²) in [7, 11) is 0. The zero-order chi connectivity index (χ0) is 11.5. The van der Waals surface area contributed by atoms with E-state index in [9.17, 15) is 13.2 Å². The molecule has 3 heteroatoms. The van der Waals surface area contributed by atoms with Gasteiger partial charge < -0.3 is 0 Å². The van der Waals surface area contributed by atoms with Crippen LogP contribution in [-0.2, 0) is 0 Å². The van der Waals surface area contributed by atoms with E-state index in [1.807, 2.05) is 6.07 Å². The van der Waals surface area contributed by atoms with Crippen LogP contribution in [0.1, 0.15) is 12.0 Å². The predicted molar refractivity (Wildman–Crippen MR) is 56.8 cm³/mol. The van der Waals surface area contributed by atoms with E-state index in [0.717, 1.165) is 6.07 Å².